The first-order valence-electron chi connectivity index (χ1n) is 7.49. The summed E-state index contributed by atoms with van der Waals surface area (Å²) in [6, 6.07) is 9.61. The zero-order valence-corrected chi connectivity index (χ0v) is 13.7. The highest BCUT2D eigenvalue weighted by Crippen LogP contribution is 2.19. The second kappa shape index (κ2) is 7.03. The molecule has 4 nitrogen and oxygen atoms in total. The Kier molecular flexibility index (Phi) is 4.81. The number of aromatic amines is 1. The van der Waals surface area contributed by atoms with Crippen LogP contribution in [0.1, 0.15) is 12.0 Å². The fraction of sp³-hybridized carbons (Fsp3) is 0.111. The Balaban J connectivity index is 1.70. The standard InChI is InChI=1S/C18H13ClF2N2O2/c19-14-9-13(4-5-15(14)21)22-17(24)6-2-11-7-10-1-3-12(20)8-16(10)23-18(11)25/h1,3-5,7-9H,2,6H2,(H,22,24)(H,23,25). The maximum atomic E-state index is 13.2. The van der Waals surface area contributed by atoms with Gasteiger partial charge in [0.25, 0.3) is 5.56 Å². The fourth-order valence-electron chi connectivity index (χ4n) is 2.45. The molecule has 0 radical (unpaired) electrons. The predicted molar refractivity (Wildman–Crippen MR) is 92.9 cm³/mol. The average molecular weight is 363 g/mol. The van der Waals surface area contributed by atoms with E-state index >= 15 is 0 Å². The van der Waals surface area contributed by atoms with Crippen LogP contribution in [0.2, 0.25) is 5.02 Å². The SMILES string of the molecule is O=C(CCc1cc2ccc(F)cc2[nH]c1=O)Nc1ccc(F)c(Cl)c1. The number of nitrogens with one attached hydrogen (secondary N) is 2. The molecule has 0 aliphatic heterocycles. The minimum absolute atomic E-state index is 0.0603. The second-order valence-corrected chi connectivity index (χ2v) is 5.94. The van der Waals surface area contributed by atoms with Gasteiger partial charge in [-0.2, -0.15) is 0 Å². The fourth-order valence-corrected chi connectivity index (χ4v) is 2.63. The highest BCUT2D eigenvalue weighted by atomic mass is 35.5. The maximum absolute atomic E-state index is 13.2. The number of carbonyl (C=O) groups excluding carboxylic acids is 1. The summed E-state index contributed by atoms with van der Waals surface area (Å²) in [7, 11) is 0. The summed E-state index contributed by atoms with van der Waals surface area (Å²) in [4.78, 5) is 26.6. The first-order chi connectivity index (χ1) is 11.9. The maximum Gasteiger partial charge on any atom is 0.251 e. The first kappa shape index (κ1) is 17.1. The molecule has 25 heavy (non-hydrogen) atoms. The quantitative estimate of drug-likeness (QED) is 0.736. The minimum Gasteiger partial charge on any atom is -0.326 e. The summed E-state index contributed by atoms with van der Waals surface area (Å²) >= 11 is 5.66. The van der Waals surface area contributed by atoms with Crippen molar-refractivity contribution in [1.29, 1.82) is 0 Å². The van der Waals surface area contributed by atoms with Crippen molar-refractivity contribution in [1.82, 2.24) is 4.98 Å². The second-order valence-electron chi connectivity index (χ2n) is 5.53. The molecule has 0 saturated heterocycles. The molecule has 0 spiro atoms. The molecule has 0 bridgehead atoms. The Hall–Kier alpha value is -2.73. The molecule has 2 aromatic carbocycles. The lowest BCUT2D eigenvalue weighted by molar-refractivity contribution is -0.116. The van der Waals surface area contributed by atoms with Crippen molar-refractivity contribution >= 4 is 34.1 Å². The van der Waals surface area contributed by atoms with Gasteiger partial charge in [-0.3, -0.25) is 9.59 Å². The van der Waals surface area contributed by atoms with Gasteiger partial charge < -0.3 is 10.3 Å². The van der Waals surface area contributed by atoms with Gasteiger partial charge in [-0.15, -0.1) is 0 Å². The van der Waals surface area contributed by atoms with Crippen LogP contribution in [0.4, 0.5) is 14.5 Å². The van der Waals surface area contributed by atoms with Crippen LogP contribution in [0.3, 0.4) is 0 Å². The third kappa shape index (κ3) is 4.03. The van der Waals surface area contributed by atoms with Crippen LogP contribution in [0.25, 0.3) is 10.9 Å². The van der Waals surface area contributed by atoms with Crippen molar-refractivity contribution in [3.05, 3.63) is 75.0 Å². The molecular formula is C18H13ClF2N2O2. The molecule has 1 amide bonds. The largest absolute Gasteiger partial charge is 0.326 e. The van der Waals surface area contributed by atoms with Gasteiger partial charge in [0, 0.05) is 17.7 Å². The number of fused-ring (bicyclic) bond motifs is 1. The number of hydrogen-bond donors (Lipinski definition) is 2. The van der Waals surface area contributed by atoms with E-state index in [-0.39, 0.29) is 29.3 Å². The average Bonchev–Trinajstić information content (AvgIpc) is 2.56. The summed E-state index contributed by atoms with van der Waals surface area (Å²) in [6.07, 6.45) is 0.272. The van der Waals surface area contributed by atoms with E-state index in [4.69, 9.17) is 11.6 Å². The number of carbonyl (C=O) groups is 1. The Bertz CT molecular complexity index is 1020. The molecule has 7 heteroatoms. The molecule has 0 fully saturated rings. The van der Waals surface area contributed by atoms with Gasteiger partial charge in [0.15, 0.2) is 0 Å². The van der Waals surface area contributed by atoms with Crippen LogP contribution in [0, 0.1) is 11.6 Å². The van der Waals surface area contributed by atoms with E-state index in [1.54, 1.807) is 12.1 Å². The van der Waals surface area contributed by atoms with Gasteiger partial charge in [0.2, 0.25) is 5.91 Å². The van der Waals surface area contributed by atoms with Crippen LogP contribution < -0.4 is 10.9 Å². The molecule has 1 aromatic heterocycles. The number of halogens is 3. The Morgan fingerprint density at radius 3 is 2.68 bits per heavy atom. The zero-order chi connectivity index (χ0) is 18.0. The third-order valence-electron chi connectivity index (χ3n) is 3.71. The van der Waals surface area contributed by atoms with Crippen molar-refractivity contribution < 1.29 is 13.6 Å². The highest BCUT2D eigenvalue weighted by Gasteiger charge is 2.09. The van der Waals surface area contributed by atoms with Gasteiger partial charge in [0.1, 0.15) is 11.6 Å². The smallest absolute Gasteiger partial charge is 0.251 e. The Labute approximate surface area is 146 Å². The number of rotatable bonds is 4. The van der Waals surface area contributed by atoms with Crippen LogP contribution in [-0.4, -0.2) is 10.9 Å². The van der Waals surface area contributed by atoms with Gasteiger partial charge >= 0.3 is 0 Å². The Morgan fingerprint density at radius 2 is 1.92 bits per heavy atom. The molecule has 0 aliphatic rings. The van der Waals surface area contributed by atoms with Crippen LogP contribution in [-0.2, 0) is 11.2 Å². The molecule has 0 unspecified atom stereocenters. The van der Waals surface area contributed by atoms with Gasteiger partial charge in [0.05, 0.1) is 10.5 Å². The minimum atomic E-state index is -0.571. The summed E-state index contributed by atoms with van der Waals surface area (Å²) in [6.45, 7) is 0. The number of H-pyrrole nitrogens is 1. The number of benzene rings is 2. The van der Waals surface area contributed by atoms with E-state index in [0.29, 0.717) is 22.2 Å². The van der Waals surface area contributed by atoms with E-state index in [0.717, 1.165) is 6.07 Å². The Morgan fingerprint density at radius 1 is 1.12 bits per heavy atom. The lowest BCUT2D eigenvalue weighted by Gasteiger charge is -2.07. The lowest BCUT2D eigenvalue weighted by atomic mass is 10.1. The molecule has 3 rings (SSSR count). The number of pyridine rings is 1. The van der Waals surface area contributed by atoms with Crippen molar-refractivity contribution in [2.75, 3.05) is 5.32 Å². The van der Waals surface area contributed by atoms with E-state index in [1.807, 2.05) is 0 Å². The van der Waals surface area contributed by atoms with E-state index in [2.05, 4.69) is 10.3 Å². The first-order valence-corrected chi connectivity index (χ1v) is 7.86. The number of amides is 1. The number of aromatic nitrogens is 1. The van der Waals surface area contributed by atoms with Crippen LogP contribution >= 0.6 is 11.6 Å². The number of aryl methyl sites for hydroxylation is 1. The van der Waals surface area contributed by atoms with E-state index in [9.17, 15) is 18.4 Å². The predicted octanol–water partition coefficient (Wildman–Crippen LogP) is 4.03. The monoisotopic (exact) mass is 362 g/mol. The summed E-state index contributed by atoms with van der Waals surface area (Å²) in [5, 5.41) is 3.19. The molecule has 0 saturated carbocycles. The molecule has 2 N–H and O–H groups in total. The number of anilines is 1. The molecule has 128 valence electrons. The highest BCUT2D eigenvalue weighted by molar-refractivity contribution is 6.31. The normalized spacial score (nSPS) is 10.8. The van der Waals surface area contributed by atoms with Crippen molar-refractivity contribution in [3.8, 4) is 0 Å². The third-order valence-corrected chi connectivity index (χ3v) is 4.00. The number of hydrogen-bond acceptors (Lipinski definition) is 2. The van der Waals surface area contributed by atoms with Crippen LogP contribution in [0.5, 0.6) is 0 Å². The van der Waals surface area contributed by atoms with Crippen molar-refractivity contribution in [3.63, 3.8) is 0 Å². The van der Waals surface area contributed by atoms with Crippen molar-refractivity contribution in [2.24, 2.45) is 0 Å². The molecule has 0 aliphatic carbocycles. The summed E-state index contributed by atoms with van der Waals surface area (Å²) in [5.41, 5.74) is 0.834. The molecule has 0 atom stereocenters. The topological polar surface area (TPSA) is 62.0 Å². The van der Waals surface area contributed by atoms with Gasteiger partial charge in [-0.1, -0.05) is 11.6 Å². The van der Waals surface area contributed by atoms with E-state index in [1.165, 1.54) is 24.3 Å². The summed E-state index contributed by atoms with van der Waals surface area (Å²) in [5.74, 6) is -1.34. The molecular weight excluding hydrogens is 350 g/mol. The lowest BCUT2D eigenvalue weighted by Crippen LogP contribution is -2.17. The summed E-state index contributed by atoms with van der Waals surface area (Å²) < 4.78 is 26.3. The van der Waals surface area contributed by atoms with E-state index < -0.39 is 11.6 Å². The van der Waals surface area contributed by atoms with Gasteiger partial charge in [-0.05, 0) is 54.3 Å². The van der Waals surface area contributed by atoms with Crippen LogP contribution in [0.15, 0.2) is 47.3 Å². The molecule has 1 heterocycles. The van der Waals surface area contributed by atoms with Crippen molar-refractivity contribution in [2.45, 2.75) is 12.8 Å². The zero-order valence-electron chi connectivity index (χ0n) is 12.9. The molecule has 3 aromatic rings. The van der Waals surface area contributed by atoms with Gasteiger partial charge in [-0.25, -0.2) is 8.78 Å².